The van der Waals surface area contributed by atoms with Crippen molar-refractivity contribution in [3.05, 3.63) is 45.0 Å². The number of halogens is 4. The quantitative estimate of drug-likeness (QED) is 0.624. The van der Waals surface area contributed by atoms with E-state index in [4.69, 9.17) is 11.6 Å². The molecule has 0 aliphatic carbocycles. The molecule has 6 nitrogen and oxygen atoms in total. The van der Waals surface area contributed by atoms with E-state index in [1.807, 2.05) is 0 Å². The van der Waals surface area contributed by atoms with Crippen molar-refractivity contribution < 1.29 is 13.2 Å². The van der Waals surface area contributed by atoms with Gasteiger partial charge in [0.15, 0.2) is 5.82 Å². The average molecular weight is 360 g/mol. The van der Waals surface area contributed by atoms with Gasteiger partial charge in [0, 0.05) is 32.1 Å². The van der Waals surface area contributed by atoms with Crippen LogP contribution in [0.1, 0.15) is 11.3 Å². The number of aliphatic imine (C=N–C) groups is 1. The van der Waals surface area contributed by atoms with Crippen molar-refractivity contribution in [2.45, 2.75) is 13.1 Å². The van der Waals surface area contributed by atoms with Crippen molar-refractivity contribution in [1.29, 1.82) is 0 Å². The van der Waals surface area contributed by atoms with Crippen LogP contribution in [0.2, 0.25) is 5.02 Å². The maximum Gasteiger partial charge on any atom is 0.417 e. The predicted octanol–water partition coefficient (Wildman–Crippen LogP) is 2.83. The summed E-state index contributed by atoms with van der Waals surface area (Å²) < 4.78 is 39.1. The third-order valence-corrected chi connectivity index (χ3v) is 3.07. The van der Waals surface area contributed by atoms with E-state index in [-0.39, 0.29) is 16.8 Å². The number of pyridine rings is 1. The van der Waals surface area contributed by atoms with E-state index >= 15 is 0 Å². The van der Waals surface area contributed by atoms with Crippen LogP contribution in [-0.4, -0.2) is 39.9 Å². The number of nitrogens with zero attached hydrogens (tertiary/aromatic N) is 5. The number of aromatic nitrogens is 3. The zero-order valence-corrected chi connectivity index (χ0v) is 13.7. The van der Waals surface area contributed by atoms with Gasteiger partial charge in [-0.2, -0.15) is 13.2 Å². The summed E-state index contributed by atoms with van der Waals surface area (Å²) in [5, 5.41) is -0.334. The van der Waals surface area contributed by atoms with Gasteiger partial charge in [-0.25, -0.2) is 19.5 Å². The molecule has 2 aromatic heterocycles. The fourth-order valence-electron chi connectivity index (χ4n) is 1.78. The summed E-state index contributed by atoms with van der Waals surface area (Å²) in [6, 6.07) is 1.92. The number of aryl methyl sites for hydroxylation is 1. The van der Waals surface area contributed by atoms with Gasteiger partial charge in [-0.1, -0.05) is 11.6 Å². The van der Waals surface area contributed by atoms with Gasteiger partial charge >= 0.3 is 6.18 Å². The zero-order chi connectivity index (χ0) is 18.1. The largest absolute Gasteiger partial charge is 0.417 e. The Balaban J connectivity index is 2.66. The molecule has 0 atom stereocenters. The van der Waals surface area contributed by atoms with Crippen LogP contribution in [0.5, 0.6) is 0 Å². The Bertz CT molecular complexity index is 845. The molecule has 0 aliphatic rings. The Morgan fingerprint density at radius 1 is 1.33 bits per heavy atom. The number of hydrogen-bond donors (Lipinski definition) is 0. The standard InChI is InChI=1S/C14H13ClF3N5O/c1-8-4-11(24)23(13(21-8)20-7-22(2)3)12-10(15)5-9(6-19-12)14(16,17)18/h4-7H,1-3H3. The van der Waals surface area contributed by atoms with Crippen molar-refractivity contribution in [3.8, 4) is 5.82 Å². The lowest BCUT2D eigenvalue weighted by molar-refractivity contribution is -0.137. The molecular weight excluding hydrogens is 347 g/mol. The molecule has 0 bridgehead atoms. The van der Waals surface area contributed by atoms with Gasteiger partial charge in [0.05, 0.1) is 16.9 Å². The molecule has 0 aliphatic heterocycles. The Morgan fingerprint density at radius 3 is 2.54 bits per heavy atom. The summed E-state index contributed by atoms with van der Waals surface area (Å²) in [5.41, 5.74) is -1.16. The second kappa shape index (κ2) is 6.60. The summed E-state index contributed by atoms with van der Waals surface area (Å²) >= 11 is 5.90. The second-order valence-electron chi connectivity index (χ2n) is 5.11. The topological polar surface area (TPSA) is 63.4 Å². The summed E-state index contributed by atoms with van der Waals surface area (Å²) in [6.07, 6.45) is -2.58. The first-order valence-electron chi connectivity index (χ1n) is 6.64. The number of hydrogen-bond acceptors (Lipinski definition) is 4. The lowest BCUT2D eigenvalue weighted by Gasteiger charge is -2.12. The summed E-state index contributed by atoms with van der Waals surface area (Å²) in [6.45, 7) is 1.60. The average Bonchev–Trinajstić information content (AvgIpc) is 2.44. The van der Waals surface area contributed by atoms with E-state index in [9.17, 15) is 18.0 Å². The van der Waals surface area contributed by atoms with Gasteiger partial charge in [-0.15, -0.1) is 0 Å². The third kappa shape index (κ3) is 3.91. The van der Waals surface area contributed by atoms with E-state index < -0.39 is 17.3 Å². The minimum Gasteiger partial charge on any atom is -0.369 e. The maximum atomic E-state index is 12.7. The van der Waals surface area contributed by atoms with Gasteiger partial charge in [-0.05, 0) is 13.0 Å². The van der Waals surface area contributed by atoms with Crippen molar-refractivity contribution >= 4 is 23.9 Å². The highest BCUT2D eigenvalue weighted by Gasteiger charge is 2.32. The molecule has 2 rings (SSSR count). The summed E-state index contributed by atoms with van der Waals surface area (Å²) in [7, 11) is 3.43. The van der Waals surface area contributed by atoms with Crippen LogP contribution in [0, 0.1) is 6.92 Å². The summed E-state index contributed by atoms with van der Waals surface area (Å²) in [5.74, 6) is -0.212. The van der Waals surface area contributed by atoms with Crippen molar-refractivity contribution in [1.82, 2.24) is 19.4 Å². The highest BCUT2D eigenvalue weighted by atomic mass is 35.5. The molecule has 0 aromatic carbocycles. The van der Waals surface area contributed by atoms with Crippen molar-refractivity contribution in [2.75, 3.05) is 14.1 Å². The molecule has 0 amide bonds. The van der Waals surface area contributed by atoms with E-state index in [0.29, 0.717) is 18.0 Å². The molecule has 0 N–H and O–H groups in total. The zero-order valence-electron chi connectivity index (χ0n) is 13.0. The van der Waals surface area contributed by atoms with Crippen LogP contribution in [-0.2, 0) is 6.18 Å². The van der Waals surface area contributed by atoms with Crippen LogP contribution in [0.25, 0.3) is 5.82 Å². The third-order valence-electron chi connectivity index (χ3n) is 2.79. The van der Waals surface area contributed by atoms with Crippen molar-refractivity contribution in [2.24, 2.45) is 4.99 Å². The Kier molecular flexibility index (Phi) is 4.93. The first-order valence-corrected chi connectivity index (χ1v) is 7.02. The molecule has 0 fully saturated rings. The van der Waals surface area contributed by atoms with Crippen LogP contribution in [0.4, 0.5) is 19.1 Å². The number of alkyl halides is 3. The second-order valence-corrected chi connectivity index (χ2v) is 5.51. The van der Waals surface area contributed by atoms with Gasteiger partial charge in [0.2, 0.25) is 5.95 Å². The van der Waals surface area contributed by atoms with Gasteiger partial charge in [0.1, 0.15) is 0 Å². The van der Waals surface area contributed by atoms with Crippen LogP contribution in [0.3, 0.4) is 0 Å². The molecule has 2 heterocycles. The Morgan fingerprint density at radius 2 is 2.00 bits per heavy atom. The molecule has 0 radical (unpaired) electrons. The monoisotopic (exact) mass is 359 g/mol. The Labute approximate surface area is 140 Å². The fraction of sp³-hybridized carbons (Fsp3) is 0.286. The molecule has 0 saturated heterocycles. The molecule has 2 aromatic rings. The molecule has 128 valence electrons. The van der Waals surface area contributed by atoms with Crippen LogP contribution < -0.4 is 5.56 Å². The molecule has 0 unspecified atom stereocenters. The van der Waals surface area contributed by atoms with E-state index in [2.05, 4.69) is 15.0 Å². The molecule has 0 saturated carbocycles. The number of rotatable bonds is 3. The van der Waals surface area contributed by atoms with Gasteiger partial charge in [0.25, 0.3) is 5.56 Å². The summed E-state index contributed by atoms with van der Waals surface area (Å²) in [4.78, 5) is 25.7. The normalized spacial score (nSPS) is 12.0. The Hall–Kier alpha value is -2.42. The van der Waals surface area contributed by atoms with E-state index in [1.54, 1.807) is 25.9 Å². The van der Waals surface area contributed by atoms with Crippen molar-refractivity contribution in [3.63, 3.8) is 0 Å². The first-order chi connectivity index (χ1) is 11.1. The highest BCUT2D eigenvalue weighted by molar-refractivity contribution is 6.32. The smallest absolute Gasteiger partial charge is 0.369 e. The lowest BCUT2D eigenvalue weighted by atomic mass is 10.2. The van der Waals surface area contributed by atoms with E-state index in [1.165, 1.54) is 12.4 Å². The molecular formula is C14H13ClF3N5O. The van der Waals surface area contributed by atoms with Gasteiger partial charge < -0.3 is 4.90 Å². The SMILES string of the molecule is Cc1cc(=O)n(-c2ncc(C(F)(F)F)cc2Cl)c(N=CN(C)C)n1. The van der Waals surface area contributed by atoms with Gasteiger partial charge in [-0.3, -0.25) is 4.79 Å². The van der Waals surface area contributed by atoms with Crippen LogP contribution >= 0.6 is 11.6 Å². The molecule has 0 spiro atoms. The fourth-order valence-corrected chi connectivity index (χ4v) is 2.04. The predicted molar refractivity (Wildman–Crippen MR) is 84.2 cm³/mol. The maximum absolute atomic E-state index is 12.7. The minimum absolute atomic E-state index is 0.0390. The first kappa shape index (κ1) is 17.9. The molecule has 24 heavy (non-hydrogen) atoms. The van der Waals surface area contributed by atoms with E-state index in [0.717, 1.165) is 4.57 Å². The lowest BCUT2D eigenvalue weighted by Crippen LogP contribution is -2.21. The van der Waals surface area contributed by atoms with Crippen LogP contribution in [0.15, 0.2) is 28.1 Å². The molecule has 10 heteroatoms. The minimum atomic E-state index is -4.59. The highest BCUT2D eigenvalue weighted by Crippen LogP contribution is 2.32.